The Hall–Kier alpha value is 0.0300. The van der Waals surface area contributed by atoms with E-state index < -0.39 is 0 Å². The molecule has 0 heterocycles. The van der Waals surface area contributed by atoms with Crippen molar-refractivity contribution in [2.24, 2.45) is 11.8 Å². The molecule has 2 atom stereocenters. The molecular weight excluding hydrogens is 132 g/mol. The van der Waals surface area contributed by atoms with Gasteiger partial charge < -0.3 is 0 Å². The first-order valence-corrected chi connectivity index (χ1v) is 4.09. The van der Waals surface area contributed by atoms with Crippen LogP contribution >= 0.6 is 11.6 Å². The van der Waals surface area contributed by atoms with E-state index in [0.717, 1.165) is 16.9 Å². The molecule has 2 bridgehead atoms. The largest absolute Gasteiger partial charge is 0.0892 e. The smallest absolute Gasteiger partial charge is 0.0172 e. The van der Waals surface area contributed by atoms with Gasteiger partial charge in [0.1, 0.15) is 0 Å². The topological polar surface area (TPSA) is 0 Å². The molecule has 1 saturated carbocycles. The van der Waals surface area contributed by atoms with Crippen molar-refractivity contribution in [1.29, 1.82) is 0 Å². The van der Waals surface area contributed by atoms with Gasteiger partial charge in [-0.2, -0.15) is 0 Å². The van der Waals surface area contributed by atoms with Crippen LogP contribution in [0.1, 0.15) is 25.7 Å². The molecule has 1 heteroatoms. The molecule has 1 fully saturated rings. The summed E-state index contributed by atoms with van der Waals surface area (Å²) in [6.07, 6.45) is 7.59. The molecule has 50 valence electrons. The molecule has 2 aliphatic rings. The fourth-order valence-corrected chi connectivity index (χ4v) is 2.27. The first-order chi connectivity index (χ1) is 4.36. The van der Waals surface area contributed by atoms with E-state index in [0.29, 0.717) is 0 Å². The normalized spacial score (nSPS) is 40.8. The second kappa shape index (κ2) is 2.02. The summed E-state index contributed by atoms with van der Waals surface area (Å²) in [6.45, 7) is 0. The van der Waals surface area contributed by atoms with Gasteiger partial charge in [-0.3, -0.25) is 0 Å². The van der Waals surface area contributed by atoms with Crippen molar-refractivity contribution >= 4 is 11.6 Å². The summed E-state index contributed by atoms with van der Waals surface area (Å²) < 4.78 is 0. The average molecular weight is 143 g/mol. The lowest BCUT2D eigenvalue weighted by molar-refractivity contribution is 0.515. The molecule has 2 unspecified atom stereocenters. The van der Waals surface area contributed by atoms with E-state index in [1.54, 1.807) is 0 Å². The van der Waals surface area contributed by atoms with Crippen LogP contribution in [0.2, 0.25) is 0 Å². The predicted molar refractivity (Wildman–Crippen MR) is 39.4 cm³/mol. The van der Waals surface area contributed by atoms with Crippen LogP contribution in [-0.2, 0) is 0 Å². The van der Waals surface area contributed by atoms with E-state index in [9.17, 15) is 0 Å². The third-order valence-corrected chi connectivity index (χ3v) is 3.04. The SMILES string of the molecule is ClC1=CCC2CCC1C2. The second-order valence-electron chi connectivity index (χ2n) is 3.20. The summed E-state index contributed by atoms with van der Waals surface area (Å²) in [5.41, 5.74) is 0. The Balaban J connectivity index is 2.21. The van der Waals surface area contributed by atoms with Gasteiger partial charge in [0.05, 0.1) is 0 Å². The van der Waals surface area contributed by atoms with E-state index in [-0.39, 0.29) is 0 Å². The van der Waals surface area contributed by atoms with Crippen molar-refractivity contribution in [3.05, 3.63) is 11.1 Å². The standard InChI is InChI=1S/C8H11Cl/c9-8-4-2-6-1-3-7(8)5-6/h4,6-7H,1-3,5H2. The van der Waals surface area contributed by atoms with Crippen molar-refractivity contribution in [3.63, 3.8) is 0 Å². The molecule has 0 nitrogen and oxygen atoms in total. The van der Waals surface area contributed by atoms with Crippen molar-refractivity contribution in [3.8, 4) is 0 Å². The second-order valence-corrected chi connectivity index (χ2v) is 3.64. The van der Waals surface area contributed by atoms with Gasteiger partial charge in [0.25, 0.3) is 0 Å². The molecule has 9 heavy (non-hydrogen) atoms. The minimum atomic E-state index is 0.755. The van der Waals surface area contributed by atoms with E-state index >= 15 is 0 Å². The number of halogens is 1. The highest BCUT2D eigenvalue weighted by molar-refractivity contribution is 6.29. The summed E-state index contributed by atoms with van der Waals surface area (Å²) in [5, 5.41) is 1.14. The fraction of sp³-hybridized carbons (Fsp3) is 0.750. The lowest BCUT2D eigenvalue weighted by Crippen LogP contribution is -2.01. The third-order valence-electron chi connectivity index (χ3n) is 2.58. The van der Waals surface area contributed by atoms with Gasteiger partial charge in [-0.05, 0) is 37.5 Å². The predicted octanol–water partition coefficient (Wildman–Crippen LogP) is 2.93. The van der Waals surface area contributed by atoms with Gasteiger partial charge in [0.15, 0.2) is 0 Å². The van der Waals surface area contributed by atoms with Gasteiger partial charge in [0, 0.05) is 5.03 Å². The maximum absolute atomic E-state index is 5.97. The van der Waals surface area contributed by atoms with Crippen LogP contribution in [0, 0.1) is 11.8 Å². The number of allylic oxidation sites excluding steroid dienone is 2. The van der Waals surface area contributed by atoms with E-state index in [1.807, 2.05) is 0 Å². The quantitative estimate of drug-likeness (QED) is 0.488. The van der Waals surface area contributed by atoms with E-state index in [1.165, 1.54) is 25.7 Å². The minimum Gasteiger partial charge on any atom is -0.0892 e. The Morgan fingerprint density at radius 3 is 3.11 bits per heavy atom. The number of rotatable bonds is 0. The molecule has 0 saturated heterocycles. The molecule has 0 amide bonds. The average Bonchev–Trinajstić information content (AvgIpc) is 2.25. The molecule has 0 aromatic rings. The monoisotopic (exact) mass is 142 g/mol. The lowest BCUT2D eigenvalue weighted by atomic mass is 9.96. The van der Waals surface area contributed by atoms with Crippen LogP contribution in [0.5, 0.6) is 0 Å². The van der Waals surface area contributed by atoms with Gasteiger partial charge >= 0.3 is 0 Å². The van der Waals surface area contributed by atoms with Gasteiger partial charge in [0.2, 0.25) is 0 Å². The molecular formula is C8H11Cl. The highest BCUT2D eigenvalue weighted by Gasteiger charge is 2.29. The molecule has 0 aromatic carbocycles. The van der Waals surface area contributed by atoms with Crippen molar-refractivity contribution in [2.45, 2.75) is 25.7 Å². The van der Waals surface area contributed by atoms with Crippen LogP contribution in [0.25, 0.3) is 0 Å². The summed E-state index contributed by atoms with van der Waals surface area (Å²) in [5.74, 6) is 1.74. The summed E-state index contributed by atoms with van der Waals surface area (Å²) in [7, 11) is 0. The van der Waals surface area contributed by atoms with Crippen LogP contribution in [0.3, 0.4) is 0 Å². The number of hydrogen-bond acceptors (Lipinski definition) is 0. The minimum absolute atomic E-state index is 0.755. The maximum atomic E-state index is 5.97. The first-order valence-electron chi connectivity index (χ1n) is 3.72. The highest BCUT2D eigenvalue weighted by atomic mass is 35.5. The highest BCUT2D eigenvalue weighted by Crippen LogP contribution is 2.43. The van der Waals surface area contributed by atoms with Crippen LogP contribution in [-0.4, -0.2) is 0 Å². The van der Waals surface area contributed by atoms with Crippen molar-refractivity contribution < 1.29 is 0 Å². The number of fused-ring (bicyclic) bond motifs is 2. The van der Waals surface area contributed by atoms with E-state index in [2.05, 4.69) is 6.08 Å². The Kier molecular flexibility index (Phi) is 1.30. The maximum Gasteiger partial charge on any atom is 0.0172 e. The summed E-state index contributed by atoms with van der Waals surface area (Å²) in [6, 6.07) is 0. The van der Waals surface area contributed by atoms with Gasteiger partial charge in [-0.15, -0.1) is 0 Å². The first kappa shape index (κ1) is 5.79. The van der Waals surface area contributed by atoms with Crippen molar-refractivity contribution in [2.75, 3.05) is 0 Å². The lowest BCUT2D eigenvalue weighted by Gasteiger charge is -2.14. The molecule has 0 aromatic heterocycles. The Morgan fingerprint density at radius 1 is 1.44 bits per heavy atom. The Labute approximate surface area is 60.9 Å². The Morgan fingerprint density at radius 2 is 2.33 bits per heavy atom. The van der Waals surface area contributed by atoms with Gasteiger partial charge in [-0.25, -0.2) is 0 Å². The fourth-order valence-electron chi connectivity index (χ4n) is 1.99. The molecule has 2 aliphatic carbocycles. The summed E-state index contributed by atoms with van der Waals surface area (Å²) in [4.78, 5) is 0. The zero-order valence-corrected chi connectivity index (χ0v) is 6.19. The molecule has 0 aliphatic heterocycles. The molecule has 0 radical (unpaired) electrons. The van der Waals surface area contributed by atoms with Crippen molar-refractivity contribution in [1.82, 2.24) is 0 Å². The van der Waals surface area contributed by atoms with E-state index in [4.69, 9.17) is 11.6 Å². The summed E-state index contributed by atoms with van der Waals surface area (Å²) >= 11 is 5.97. The molecule has 0 N–H and O–H groups in total. The van der Waals surface area contributed by atoms with Crippen LogP contribution < -0.4 is 0 Å². The zero-order chi connectivity index (χ0) is 6.27. The van der Waals surface area contributed by atoms with Gasteiger partial charge in [-0.1, -0.05) is 17.7 Å². The zero-order valence-electron chi connectivity index (χ0n) is 5.44. The van der Waals surface area contributed by atoms with Crippen LogP contribution in [0.15, 0.2) is 11.1 Å². The molecule has 2 rings (SSSR count). The Bertz CT molecular complexity index is 149. The number of hydrogen-bond donors (Lipinski definition) is 0. The van der Waals surface area contributed by atoms with Crippen LogP contribution in [0.4, 0.5) is 0 Å². The molecule has 0 spiro atoms. The third kappa shape index (κ3) is 0.898.